The lowest BCUT2D eigenvalue weighted by Gasteiger charge is -2.25. The van der Waals surface area contributed by atoms with Crippen LogP contribution in [0.3, 0.4) is 0 Å². The summed E-state index contributed by atoms with van der Waals surface area (Å²) in [5, 5.41) is 11.3. The Hall–Kier alpha value is -4.30. The number of carbonyl (C=O) groups is 2. The average molecular weight is 504 g/mol. The number of ketones is 1. The Kier molecular flexibility index (Phi) is 8.10. The number of hydrogen-bond acceptors (Lipinski definition) is 7. The molecule has 1 saturated heterocycles. The van der Waals surface area contributed by atoms with Gasteiger partial charge < -0.3 is 29.0 Å². The van der Waals surface area contributed by atoms with Gasteiger partial charge in [0.15, 0.2) is 11.5 Å². The monoisotopic (exact) mass is 503 g/mol. The Morgan fingerprint density at radius 3 is 2.24 bits per heavy atom. The smallest absolute Gasteiger partial charge is 0.295 e. The van der Waals surface area contributed by atoms with Gasteiger partial charge in [-0.05, 0) is 41.5 Å². The van der Waals surface area contributed by atoms with Crippen LogP contribution >= 0.6 is 0 Å². The molecule has 3 aromatic carbocycles. The van der Waals surface area contributed by atoms with Crippen LogP contribution in [0, 0.1) is 0 Å². The highest BCUT2D eigenvalue weighted by atomic mass is 16.5. The van der Waals surface area contributed by atoms with Crippen LogP contribution < -0.4 is 14.2 Å². The summed E-state index contributed by atoms with van der Waals surface area (Å²) >= 11 is 0. The molecule has 0 spiro atoms. The Morgan fingerprint density at radius 2 is 1.59 bits per heavy atom. The zero-order chi connectivity index (χ0) is 26.4. The van der Waals surface area contributed by atoms with Crippen LogP contribution in [0.25, 0.3) is 5.76 Å². The Morgan fingerprint density at radius 1 is 0.892 bits per heavy atom. The van der Waals surface area contributed by atoms with Gasteiger partial charge in [0.25, 0.3) is 11.7 Å². The van der Waals surface area contributed by atoms with E-state index in [1.165, 1.54) is 26.2 Å². The second-order valence-electron chi connectivity index (χ2n) is 8.40. The number of methoxy groups -OCH3 is 3. The third-order valence-corrected chi connectivity index (χ3v) is 6.18. The minimum Gasteiger partial charge on any atom is -0.507 e. The fourth-order valence-electron chi connectivity index (χ4n) is 4.27. The molecule has 1 amide bonds. The fourth-order valence-corrected chi connectivity index (χ4v) is 4.27. The molecule has 1 aliphatic rings. The van der Waals surface area contributed by atoms with E-state index >= 15 is 0 Å². The van der Waals surface area contributed by atoms with Gasteiger partial charge in [0.1, 0.15) is 18.1 Å². The Bertz CT molecular complexity index is 1290. The third-order valence-electron chi connectivity index (χ3n) is 6.18. The summed E-state index contributed by atoms with van der Waals surface area (Å²) in [4.78, 5) is 27.6. The minimum atomic E-state index is -0.800. The quantitative estimate of drug-likeness (QED) is 0.250. The van der Waals surface area contributed by atoms with Crippen molar-refractivity contribution < 1.29 is 33.6 Å². The number of ether oxygens (including phenoxy) is 4. The van der Waals surface area contributed by atoms with Gasteiger partial charge in [0.05, 0.1) is 32.4 Å². The van der Waals surface area contributed by atoms with Crippen molar-refractivity contribution in [1.29, 1.82) is 0 Å². The molecule has 1 unspecified atom stereocenters. The zero-order valence-electron chi connectivity index (χ0n) is 21.0. The van der Waals surface area contributed by atoms with E-state index in [1.54, 1.807) is 42.5 Å². The van der Waals surface area contributed by atoms with Gasteiger partial charge >= 0.3 is 0 Å². The van der Waals surface area contributed by atoms with Crippen molar-refractivity contribution in [3.05, 3.63) is 95.1 Å². The molecule has 0 saturated carbocycles. The lowest BCUT2D eigenvalue weighted by atomic mass is 9.95. The molecule has 1 aliphatic heterocycles. The second-order valence-corrected chi connectivity index (χ2v) is 8.40. The first-order chi connectivity index (χ1) is 18.0. The molecule has 0 aliphatic carbocycles. The number of carbonyl (C=O) groups excluding carboxylic acids is 2. The van der Waals surface area contributed by atoms with Crippen LogP contribution in [0.1, 0.15) is 22.7 Å². The molecule has 1 N–H and O–H groups in total. The molecule has 0 radical (unpaired) electrons. The van der Waals surface area contributed by atoms with Crippen LogP contribution in [-0.4, -0.2) is 56.2 Å². The first-order valence-corrected chi connectivity index (χ1v) is 11.7. The van der Waals surface area contributed by atoms with Crippen molar-refractivity contribution in [3.8, 4) is 17.2 Å². The van der Waals surface area contributed by atoms with E-state index in [0.29, 0.717) is 35.0 Å². The largest absolute Gasteiger partial charge is 0.507 e. The van der Waals surface area contributed by atoms with E-state index in [9.17, 15) is 14.7 Å². The number of Topliss-reactive ketones (excluding diaryl/α,β-unsaturated/α-hetero) is 1. The molecule has 8 nitrogen and oxygen atoms in total. The number of benzene rings is 3. The highest BCUT2D eigenvalue weighted by molar-refractivity contribution is 6.46. The van der Waals surface area contributed by atoms with Gasteiger partial charge in [-0.2, -0.15) is 0 Å². The van der Waals surface area contributed by atoms with Crippen molar-refractivity contribution in [2.75, 3.05) is 34.5 Å². The van der Waals surface area contributed by atoms with Crippen molar-refractivity contribution in [2.24, 2.45) is 0 Å². The number of rotatable bonds is 10. The van der Waals surface area contributed by atoms with Gasteiger partial charge in [-0.1, -0.05) is 42.5 Å². The van der Waals surface area contributed by atoms with Gasteiger partial charge in [-0.15, -0.1) is 0 Å². The van der Waals surface area contributed by atoms with Crippen molar-refractivity contribution >= 4 is 17.4 Å². The van der Waals surface area contributed by atoms with Crippen LogP contribution in [0.15, 0.2) is 78.4 Å². The van der Waals surface area contributed by atoms with E-state index in [1.807, 2.05) is 30.3 Å². The molecular weight excluding hydrogens is 474 g/mol. The standard InChI is InChI=1S/C29H29NO7/c1-34-16-15-30-26(20-9-12-22(13-10-20)37-18-19-7-5-4-6-8-19)25(28(32)29(30)33)27(31)21-11-14-23(35-2)24(17-21)36-3/h4-14,17,26,31H,15-16,18H2,1-3H3. The first kappa shape index (κ1) is 25.8. The molecular formula is C29H29NO7. The molecule has 3 aromatic rings. The van der Waals surface area contributed by atoms with Crippen molar-refractivity contribution in [2.45, 2.75) is 12.6 Å². The molecule has 192 valence electrons. The normalized spacial score (nSPS) is 16.6. The fraction of sp³-hybridized carbons (Fsp3) is 0.241. The minimum absolute atomic E-state index is 0.00808. The Balaban J connectivity index is 1.70. The number of nitrogens with zero attached hydrogens (tertiary/aromatic N) is 1. The Labute approximate surface area is 215 Å². The first-order valence-electron chi connectivity index (χ1n) is 11.7. The maximum Gasteiger partial charge on any atom is 0.295 e. The maximum absolute atomic E-state index is 13.2. The van der Waals surface area contributed by atoms with Gasteiger partial charge in [-0.25, -0.2) is 0 Å². The van der Waals surface area contributed by atoms with Gasteiger partial charge in [0, 0.05) is 19.2 Å². The second kappa shape index (κ2) is 11.6. The highest BCUT2D eigenvalue weighted by Gasteiger charge is 2.45. The lowest BCUT2D eigenvalue weighted by Crippen LogP contribution is -2.32. The molecule has 1 fully saturated rings. The van der Waals surface area contributed by atoms with E-state index in [4.69, 9.17) is 18.9 Å². The summed E-state index contributed by atoms with van der Waals surface area (Å²) in [5.41, 5.74) is 2.01. The number of likely N-dealkylation sites (tertiary alicyclic amines) is 1. The summed E-state index contributed by atoms with van der Waals surface area (Å²) < 4.78 is 21.7. The van der Waals surface area contributed by atoms with Crippen molar-refractivity contribution in [3.63, 3.8) is 0 Å². The van der Waals surface area contributed by atoms with Crippen LogP contribution in [-0.2, 0) is 20.9 Å². The molecule has 4 rings (SSSR count). The van der Waals surface area contributed by atoms with E-state index < -0.39 is 17.7 Å². The SMILES string of the molecule is COCCN1C(=O)C(=O)C(=C(O)c2ccc(OC)c(OC)c2)C1c1ccc(OCc2ccccc2)cc1. The van der Waals surface area contributed by atoms with Gasteiger partial charge in [-0.3, -0.25) is 9.59 Å². The molecule has 1 atom stereocenters. The lowest BCUT2D eigenvalue weighted by molar-refractivity contribution is -0.140. The molecule has 37 heavy (non-hydrogen) atoms. The van der Waals surface area contributed by atoms with E-state index in [2.05, 4.69) is 0 Å². The number of aliphatic hydroxyl groups is 1. The number of amides is 1. The average Bonchev–Trinajstić information content (AvgIpc) is 3.19. The highest BCUT2D eigenvalue weighted by Crippen LogP contribution is 2.41. The summed E-state index contributed by atoms with van der Waals surface area (Å²) in [5.74, 6) is -0.264. The predicted molar refractivity (Wildman–Crippen MR) is 138 cm³/mol. The topological polar surface area (TPSA) is 94.5 Å². The van der Waals surface area contributed by atoms with Crippen molar-refractivity contribution in [1.82, 2.24) is 4.90 Å². The van der Waals surface area contributed by atoms with Crippen LogP contribution in [0.2, 0.25) is 0 Å². The molecule has 0 bridgehead atoms. The number of hydrogen-bond donors (Lipinski definition) is 1. The molecule has 1 heterocycles. The predicted octanol–water partition coefficient (Wildman–Crippen LogP) is 4.35. The number of aliphatic hydroxyl groups excluding tert-OH is 1. The van der Waals surface area contributed by atoms with E-state index in [-0.39, 0.29) is 24.5 Å². The molecule has 8 heteroatoms. The summed E-state index contributed by atoms with van der Waals surface area (Å²) in [6.07, 6.45) is 0. The summed E-state index contributed by atoms with van der Waals surface area (Å²) in [6.45, 7) is 0.824. The molecule has 0 aromatic heterocycles. The third kappa shape index (κ3) is 5.44. The van der Waals surface area contributed by atoms with E-state index in [0.717, 1.165) is 5.56 Å². The zero-order valence-corrected chi connectivity index (χ0v) is 21.0. The summed E-state index contributed by atoms with van der Waals surface area (Å²) in [6, 6.07) is 20.9. The van der Waals surface area contributed by atoms with Crippen LogP contribution in [0.4, 0.5) is 0 Å². The maximum atomic E-state index is 13.2. The summed E-state index contributed by atoms with van der Waals surface area (Å²) in [7, 11) is 4.51. The van der Waals surface area contributed by atoms with Crippen LogP contribution in [0.5, 0.6) is 17.2 Å². The van der Waals surface area contributed by atoms with Gasteiger partial charge in [0.2, 0.25) is 0 Å².